The first-order valence-electron chi connectivity index (χ1n) is 6.57. The maximum atomic E-state index is 11.7. The van der Waals surface area contributed by atoms with Gasteiger partial charge in [-0.2, -0.15) is 0 Å². The van der Waals surface area contributed by atoms with E-state index in [0.29, 0.717) is 0 Å². The second-order valence-corrected chi connectivity index (χ2v) is 4.77. The molecule has 1 rings (SSSR count). The second-order valence-electron chi connectivity index (χ2n) is 4.77. The maximum absolute atomic E-state index is 11.7. The van der Waals surface area contributed by atoms with Gasteiger partial charge in [0, 0.05) is 13.0 Å². The predicted molar refractivity (Wildman–Crippen MR) is 66.9 cm³/mol. The fourth-order valence-electron chi connectivity index (χ4n) is 2.45. The quantitative estimate of drug-likeness (QED) is 0.548. The fourth-order valence-corrected chi connectivity index (χ4v) is 2.45. The van der Waals surface area contributed by atoms with Gasteiger partial charge in [-0.3, -0.25) is 4.79 Å². The lowest BCUT2D eigenvalue weighted by molar-refractivity contribution is -0.148. The first-order valence-corrected chi connectivity index (χ1v) is 6.57. The third-order valence-corrected chi connectivity index (χ3v) is 3.63. The van der Waals surface area contributed by atoms with Gasteiger partial charge in [0.15, 0.2) is 0 Å². The molecule has 0 aromatic heterocycles. The molecule has 1 N–H and O–H groups in total. The smallest absolute Gasteiger partial charge is 0.326 e. The van der Waals surface area contributed by atoms with E-state index >= 15 is 0 Å². The molecule has 1 saturated carbocycles. The van der Waals surface area contributed by atoms with Crippen LogP contribution in [0.5, 0.6) is 0 Å². The monoisotopic (exact) mass is 243 g/mol. The van der Waals surface area contributed by atoms with Crippen molar-refractivity contribution >= 4 is 5.97 Å². The molecule has 0 heterocycles. The summed E-state index contributed by atoms with van der Waals surface area (Å²) >= 11 is 0. The van der Waals surface area contributed by atoms with Crippen molar-refractivity contribution < 1.29 is 14.3 Å². The number of rotatable bonds is 7. The third kappa shape index (κ3) is 3.68. The number of likely N-dealkylation sites (N-methyl/N-ethyl adjacent to an activating group) is 1. The van der Waals surface area contributed by atoms with E-state index in [4.69, 9.17) is 9.47 Å². The summed E-state index contributed by atoms with van der Waals surface area (Å²) in [7, 11) is 3.26. The normalized spacial score (nSPS) is 28.3. The van der Waals surface area contributed by atoms with Crippen LogP contribution in [0.25, 0.3) is 0 Å². The van der Waals surface area contributed by atoms with E-state index in [1.54, 1.807) is 0 Å². The van der Waals surface area contributed by atoms with Crippen molar-refractivity contribution in [2.45, 2.75) is 57.1 Å². The third-order valence-electron chi connectivity index (χ3n) is 3.63. The molecular formula is C13H25NO3. The largest absolute Gasteiger partial charge is 0.468 e. The van der Waals surface area contributed by atoms with Crippen LogP contribution in [0.15, 0.2) is 0 Å². The van der Waals surface area contributed by atoms with Gasteiger partial charge in [-0.1, -0.05) is 19.8 Å². The lowest BCUT2D eigenvalue weighted by Gasteiger charge is -2.25. The zero-order chi connectivity index (χ0) is 12.7. The van der Waals surface area contributed by atoms with E-state index in [-0.39, 0.29) is 12.1 Å². The van der Waals surface area contributed by atoms with E-state index in [9.17, 15) is 4.79 Å². The van der Waals surface area contributed by atoms with E-state index in [2.05, 4.69) is 12.2 Å². The highest BCUT2D eigenvalue weighted by Gasteiger charge is 2.45. The van der Waals surface area contributed by atoms with Crippen LogP contribution in [0.4, 0.5) is 0 Å². The number of carbonyl (C=O) groups is 1. The number of nitrogens with one attached hydrogen (secondary N) is 1. The Labute approximate surface area is 104 Å². The zero-order valence-corrected chi connectivity index (χ0v) is 11.3. The Morgan fingerprint density at radius 2 is 2.24 bits per heavy atom. The molecule has 1 aliphatic carbocycles. The fraction of sp³-hybridized carbons (Fsp3) is 0.923. The van der Waals surface area contributed by atoms with Crippen LogP contribution in [-0.2, 0) is 14.3 Å². The van der Waals surface area contributed by atoms with Crippen molar-refractivity contribution in [1.29, 1.82) is 0 Å². The SMILES string of the molecule is CCCCCOC1CCC(NC)(C(=O)OC)C1. The topological polar surface area (TPSA) is 47.6 Å². The van der Waals surface area contributed by atoms with Gasteiger partial charge in [0.25, 0.3) is 0 Å². The number of ether oxygens (including phenoxy) is 2. The highest BCUT2D eigenvalue weighted by atomic mass is 16.5. The lowest BCUT2D eigenvalue weighted by Crippen LogP contribution is -2.49. The van der Waals surface area contributed by atoms with E-state index in [1.165, 1.54) is 20.0 Å². The Balaban J connectivity index is 2.36. The minimum atomic E-state index is -0.524. The molecule has 1 aliphatic rings. The highest BCUT2D eigenvalue weighted by molar-refractivity contribution is 5.81. The first-order chi connectivity index (χ1) is 8.18. The molecule has 0 bridgehead atoms. The Morgan fingerprint density at radius 1 is 1.47 bits per heavy atom. The molecular weight excluding hydrogens is 218 g/mol. The Kier molecular flexibility index (Phi) is 5.92. The molecule has 4 nitrogen and oxygen atoms in total. The molecule has 100 valence electrons. The number of unbranched alkanes of at least 4 members (excludes halogenated alkanes) is 2. The molecule has 4 heteroatoms. The number of carbonyl (C=O) groups excluding carboxylic acids is 1. The first kappa shape index (κ1) is 14.5. The molecule has 0 aromatic rings. The van der Waals surface area contributed by atoms with E-state index in [0.717, 1.165) is 32.3 Å². The van der Waals surface area contributed by atoms with Crippen molar-refractivity contribution in [3.8, 4) is 0 Å². The van der Waals surface area contributed by atoms with Gasteiger partial charge in [-0.15, -0.1) is 0 Å². The summed E-state index contributed by atoms with van der Waals surface area (Å²) in [4.78, 5) is 11.7. The van der Waals surface area contributed by atoms with Crippen molar-refractivity contribution in [3.05, 3.63) is 0 Å². The average Bonchev–Trinajstić information content (AvgIpc) is 2.78. The number of hydrogen-bond donors (Lipinski definition) is 1. The van der Waals surface area contributed by atoms with E-state index in [1.807, 2.05) is 7.05 Å². The summed E-state index contributed by atoms with van der Waals surface area (Å²) in [5.74, 6) is -0.167. The molecule has 0 aromatic carbocycles. The highest BCUT2D eigenvalue weighted by Crippen LogP contribution is 2.32. The van der Waals surface area contributed by atoms with Crippen LogP contribution >= 0.6 is 0 Å². The molecule has 2 unspecified atom stereocenters. The summed E-state index contributed by atoms with van der Waals surface area (Å²) < 4.78 is 10.7. The summed E-state index contributed by atoms with van der Waals surface area (Å²) in [6, 6.07) is 0. The van der Waals surface area contributed by atoms with Gasteiger partial charge < -0.3 is 14.8 Å². The van der Waals surface area contributed by atoms with Gasteiger partial charge in [0.1, 0.15) is 5.54 Å². The van der Waals surface area contributed by atoms with Crippen LogP contribution in [0.3, 0.4) is 0 Å². The second kappa shape index (κ2) is 6.97. The maximum Gasteiger partial charge on any atom is 0.326 e. The summed E-state index contributed by atoms with van der Waals surface area (Å²) in [5, 5.41) is 3.11. The van der Waals surface area contributed by atoms with Crippen LogP contribution in [-0.4, -0.2) is 38.4 Å². The van der Waals surface area contributed by atoms with Crippen LogP contribution in [0.1, 0.15) is 45.4 Å². The van der Waals surface area contributed by atoms with Crippen molar-refractivity contribution in [2.24, 2.45) is 0 Å². The van der Waals surface area contributed by atoms with Crippen LogP contribution < -0.4 is 5.32 Å². The van der Waals surface area contributed by atoms with Gasteiger partial charge >= 0.3 is 5.97 Å². The molecule has 0 amide bonds. The molecule has 17 heavy (non-hydrogen) atoms. The molecule has 0 radical (unpaired) electrons. The predicted octanol–water partition coefficient (Wildman–Crippen LogP) is 1.88. The summed E-state index contributed by atoms with van der Waals surface area (Å²) in [6.07, 6.45) is 6.17. The molecule has 0 aliphatic heterocycles. The minimum Gasteiger partial charge on any atom is -0.468 e. The van der Waals surface area contributed by atoms with E-state index < -0.39 is 5.54 Å². The Morgan fingerprint density at radius 3 is 2.82 bits per heavy atom. The molecule has 2 atom stereocenters. The molecule has 0 saturated heterocycles. The number of esters is 1. The van der Waals surface area contributed by atoms with Gasteiger partial charge in [0.2, 0.25) is 0 Å². The zero-order valence-electron chi connectivity index (χ0n) is 11.3. The summed E-state index contributed by atoms with van der Waals surface area (Å²) in [6.45, 7) is 2.98. The minimum absolute atomic E-state index is 0.167. The van der Waals surface area contributed by atoms with Crippen molar-refractivity contribution in [3.63, 3.8) is 0 Å². The number of hydrogen-bond acceptors (Lipinski definition) is 4. The average molecular weight is 243 g/mol. The van der Waals surface area contributed by atoms with Gasteiger partial charge in [-0.05, 0) is 26.3 Å². The van der Waals surface area contributed by atoms with Crippen molar-refractivity contribution in [2.75, 3.05) is 20.8 Å². The lowest BCUT2D eigenvalue weighted by atomic mass is 9.98. The number of methoxy groups -OCH3 is 1. The Hall–Kier alpha value is -0.610. The van der Waals surface area contributed by atoms with Gasteiger partial charge in [-0.25, -0.2) is 0 Å². The van der Waals surface area contributed by atoms with Crippen LogP contribution in [0, 0.1) is 0 Å². The standard InChI is InChI=1S/C13H25NO3/c1-4-5-6-9-17-11-7-8-13(10-11,14-2)12(15)16-3/h11,14H,4-10H2,1-3H3. The summed E-state index contributed by atoms with van der Waals surface area (Å²) in [5.41, 5.74) is -0.524. The Bertz CT molecular complexity index is 245. The molecule has 1 fully saturated rings. The van der Waals surface area contributed by atoms with Crippen molar-refractivity contribution in [1.82, 2.24) is 5.32 Å². The molecule has 0 spiro atoms. The van der Waals surface area contributed by atoms with Crippen LogP contribution in [0.2, 0.25) is 0 Å². The van der Waals surface area contributed by atoms with Gasteiger partial charge in [0.05, 0.1) is 13.2 Å².